The van der Waals surface area contributed by atoms with Crippen LogP contribution in [0.2, 0.25) is 0 Å². The monoisotopic (exact) mass is 234 g/mol. The highest BCUT2D eigenvalue weighted by atomic mass is 16.6. The third kappa shape index (κ3) is 2.98. The summed E-state index contributed by atoms with van der Waals surface area (Å²) in [6, 6.07) is 9.38. The lowest BCUT2D eigenvalue weighted by Crippen LogP contribution is -2.32. The summed E-state index contributed by atoms with van der Waals surface area (Å²) < 4.78 is 5.03. The number of aromatic nitrogens is 1. The predicted molar refractivity (Wildman–Crippen MR) is 64.0 cm³/mol. The van der Waals surface area contributed by atoms with E-state index in [1.807, 2.05) is 24.3 Å². The van der Waals surface area contributed by atoms with Crippen LogP contribution in [0.3, 0.4) is 0 Å². The van der Waals surface area contributed by atoms with Gasteiger partial charge < -0.3 is 20.1 Å². The van der Waals surface area contributed by atoms with Crippen LogP contribution in [0.1, 0.15) is 6.92 Å². The van der Waals surface area contributed by atoms with Gasteiger partial charge in [0.15, 0.2) is 0 Å². The van der Waals surface area contributed by atoms with Gasteiger partial charge in [-0.3, -0.25) is 0 Å². The van der Waals surface area contributed by atoms with Crippen molar-refractivity contribution in [1.82, 2.24) is 10.3 Å². The van der Waals surface area contributed by atoms with Crippen LogP contribution >= 0.6 is 0 Å². The van der Waals surface area contributed by atoms with Crippen molar-refractivity contribution >= 4 is 17.0 Å². The molecule has 1 atom stereocenters. The molecule has 2 rings (SSSR count). The van der Waals surface area contributed by atoms with Crippen molar-refractivity contribution in [2.24, 2.45) is 0 Å². The molecule has 0 saturated heterocycles. The quantitative estimate of drug-likeness (QED) is 0.755. The molecule has 1 amide bonds. The Morgan fingerprint density at radius 3 is 3.00 bits per heavy atom. The number of nitrogens with one attached hydrogen (secondary N) is 2. The molecule has 0 fully saturated rings. The molecule has 0 bridgehead atoms. The molecular weight excluding hydrogens is 220 g/mol. The van der Waals surface area contributed by atoms with Crippen LogP contribution in [0.25, 0.3) is 10.9 Å². The second-order valence-corrected chi connectivity index (χ2v) is 3.84. The molecule has 0 aliphatic carbocycles. The molecule has 0 saturated carbocycles. The van der Waals surface area contributed by atoms with Crippen LogP contribution in [-0.2, 0) is 0 Å². The number of hydrogen-bond donors (Lipinski definition) is 3. The molecule has 0 aliphatic heterocycles. The van der Waals surface area contributed by atoms with Crippen molar-refractivity contribution in [2.75, 3.05) is 6.54 Å². The van der Waals surface area contributed by atoms with Crippen LogP contribution < -0.4 is 10.1 Å². The molecule has 0 radical (unpaired) electrons. The molecule has 3 N–H and O–H groups in total. The number of H-pyrrole nitrogens is 1. The molecule has 5 nitrogen and oxygen atoms in total. The van der Waals surface area contributed by atoms with Crippen molar-refractivity contribution in [2.45, 2.75) is 13.0 Å². The zero-order valence-electron chi connectivity index (χ0n) is 9.43. The minimum Gasteiger partial charge on any atom is -0.393 e. The minimum atomic E-state index is -0.592. The van der Waals surface area contributed by atoms with Crippen molar-refractivity contribution in [3.05, 3.63) is 30.3 Å². The number of ether oxygens (including phenoxy) is 1. The highest BCUT2D eigenvalue weighted by molar-refractivity contribution is 5.82. The summed E-state index contributed by atoms with van der Waals surface area (Å²) in [5.41, 5.74) is 0.908. The Morgan fingerprint density at radius 1 is 1.53 bits per heavy atom. The van der Waals surface area contributed by atoms with E-state index in [-0.39, 0.29) is 6.54 Å². The Bertz CT molecular complexity index is 486. The van der Waals surface area contributed by atoms with E-state index in [4.69, 9.17) is 9.84 Å². The normalized spacial score (nSPS) is 12.4. The minimum absolute atomic E-state index is 0.166. The first-order chi connectivity index (χ1) is 8.15. The number of amides is 1. The van der Waals surface area contributed by atoms with E-state index in [1.54, 1.807) is 13.0 Å². The number of hydrogen-bond acceptors (Lipinski definition) is 3. The fourth-order valence-corrected chi connectivity index (χ4v) is 1.47. The predicted octanol–water partition coefficient (Wildman–Crippen LogP) is 1.64. The molecule has 1 aromatic heterocycles. The second kappa shape index (κ2) is 4.88. The number of aliphatic hydroxyl groups excluding tert-OH is 1. The highest BCUT2D eigenvalue weighted by Crippen LogP contribution is 2.19. The number of carbonyl (C=O) groups excluding carboxylic acids is 1. The summed E-state index contributed by atoms with van der Waals surface area (Å²) in [6.45, 7) is 1.75. The van der Waals surface area contributed by atoms with Crippen LogP contribution in [0.4, 0.5) is 4.79 Å². The smallest absolute Gasteiger partial charge is 0.393 e. The zero-order valence-corrected chi connectivity index (χ0v) is 9.43. The standard InChI is InChI=1S/C12H14N2O3/c1-8(15)7-13-12(16)17-11-6-9-4-2-3-5-10(9)14-11/h2-6,8,14-15H,7H2,1H3,(H,13,16). The fraction of sp³-hybridized carbons (Fsp3) is 0.250. The Hall–Kier alpha value is -2.01. The lowest BCUT2D eigenvalue weighted by Gasteiger charge is -2.06. The molecule has 1 unspecified atom stereocenters. The third-order valence-electron chi connectivity index (χ3n) is 2.25. The first kappa shape index (κ1) is 11.5. The van der Waals surface area contributed by atoms with Crippen LogP contribution in [-0.4, -0.2) is 28.8 Å². The first-order valence-corrected chi connectivity index (χ1v) is 5.36. The number of para-hydroxylation sites is 1. The van der Waals surface area contributed by atoms with Gasteiger partial charge in [0.25, 0.3) is 0 Å². The van der Waals surface area contributed by atoms with Crippen molar-refractivity contribution in [3.8, 4) is 5.88 Å². The number of carbonyl (C=O) groups is 1. The van der Waals surface area contributed by atoms with Gasteiger partial charge in [-0.15, -0.1) is 0 Å². The average Bonchev–Trinajstić information content (AvgIpc) is 2.68. The summed E-state index contributed by atoms with van der Waals surface area (Å²) in [5, 5.41) is 12.4. The Balaban J connectivity index is 2.01. The summed E-state index contributed by atoms with van der Waals surface area (Å²) in [6.07, 6.45) is -1.18. The fourth-order valence-electron chi connectivity index (χ4n) is 1.47. The van der Waals surface area contributed by atoms with Crippen molar-refractivity contribution in [3.63, 3.8) is 0 Å². The molecule has 90 valence electrons. The van der Waals surface area contributed by atoms with Crippen LogP contribution in [0.5, 0.6) is 5.88 Å². The van der Waals surface area contributed by atoms with E-state index < -0.39 is 12.2 Å². The molecular formula is C12H14N2O3. The molecule has 17 heavy (non-hydrogen) atoms. The van der Waals surface area contributed by atoms with Crippen molar-refractivity contribution in [1.29, 1.82) is 0 Å². The number of aliphatic hydroxyl groups is 1. The molecule has 0 aliphatic rings. The maximum Gasteiger partial charge on any atom is 0.413 e. The number of rotatable bonds is 3. The van der Waals surface area contributed by atoms with E-state index in [1.165, 1.54) is 0 Å². The zero-order chi connectivity index (χ0) is 12.3. The third-order valence-corrected chi connectivity index (χ3v) is 2.25. The molecule has 2 aromatic rings. The van der Waals surface area contributed by atoms with Gasteiger partial charge >= 0.3 is 6.09 Å². The number of fused-ring (bicyclic) bond motifs is 1. The van der Waals surface area contributed by atoms with Gasteiger partial charge in [-0.1, -0.05) is 18.2 Å². The lowest BCUT2D eigenvalue weighted by molar-refractivity contribution is 0.171. The Morgan fingerprint density at radius 2 is 2.29 bits per heavy atom. The molecule has 5 heteroatoms. The molecule has 1 aromatic carbocycles. The van der Waals surface area contributed by atoms with Crippen LogP contribution in [0.15, 0.2) is 30.3 Å². The molecule has 1 heterocycles. The van der Waals surface area contributed by atoms with Crippen LogP contribution in [0, 0.1) is 0 Å². The molecule has 0 spiro atoms. The number of benzene rings is 1. The highest BCUT2D eigenvalue weighted by Gasteiger charge is 2.07. The van der Waals surface area contributed by atoms with E-state index in [0.717, 1.165) is 10.9 Å². The van der Waals surface area contributed by atoms with E-state index >= 15 is 0 Å². The summed E-state index contributed by atoms with van der Waals surface area (Å²) in [5.74, 6) is 0.384. The Kier molecular flexibility index (Phi) is 3.30. The maximum atomic E-state index is 11.3. The van der Waals surface area contributed by atoms with Gasteiger partial charge in [-0.25, -0.2) is 4.79 Å². The number of aromatic amines is 1. The first-order valence-electron chi connectivity index (χ1n) is 5.36. The topological polar surface area (TPSA) is 74.3 Å². The largest absolute Gasteiger partial charge is 0.413 e. The van der Waals surface area contributed by atoms with Gasteiger partial charge in [0.2, 0.25) is 5.88 Å². The average molecular weight is 234 g/mol. The summed E-state index contributed by atoms with van der Waals surface area (Å²) >= 11 is 0. The van der Waals surface area contributed by atoms with Gasteiger partial charge in [0.05, 0.1) is 6.10 Å². The van der Waals surface area contributed by atoms with E-state index in [9.17, 15) is 4.79 Å². The van der Waals surface area contributed by atoms with E-state index in [0.29, 0.717) is 5.88 Å². The second-order valence-electron chi connectivity index (χ2n) is 3.84. The maximum absolute atomic E-state index is 11.3. The lowest BCUT2D eigenvalue weighted by atomic mass is 10.3. The summed E-state index contributed by atoms with van der Waals surface area (Å²) in [7, 11) is 0. The van der Waals surface area contributed by atoms with Gasteiger partial charge in [-0.05, 0) is 13.0 Å². The van der Waals surface area contributed by atoms with Gasteiger partial charge in [0.1, 0.15) is 0 Å². The van der Waals surface area contributed by atoms with Gasteiger partial charge in [0, 0.05) is 23.5 Å². The summed E-state index contributed by atoms with van der Waals surface area (Å²) in [4.78, 5) is 14.3. The van der Waals surface area contributed by atoms with E-state index in [2.05, 4.69) is 10.3 Å². The van der Waals surface area contributed by atoms with Gasteiger partial charge in [-0.2, -0.15) is 0 Å². The SMILES string of the molecule is CC(O)CNC(=O)Oc1cc2ccccc2[nH]1. The van der Waals surface area contributed by atoms with Crippen molar-refractivity contribution < 1.29 is 14.6 Å². The Labute approximate surface area is 98.4 Å².